The van der Waals surface area contributed by atoms with Crippen LogP contribution in [0.25, 0.3) is 0 Å². The Bertz CT molecular complexity index is 658. The van der Waals surface area contributed by atoms with Crippen LogP contribution in [0.15, 0.2) is 18.2 Å². The van der Waals surface area contributed by atoms with Crippen LogP contribution in [0.2, 0.25) is 0 Å². The van der Waals surface area contributed by atoms with Crippen molar-refractivity contribution in [2.45, 2.75) is 25.3 Å². The molecule has 1 amide bonds. The van der Waals surface area contributed by atoms with Gasteiger partial charge in [-0.05, 0) is 37.0 Å². The zero-order chi connectivity index (χ0) is 16.0. The number of nitrogens with zero attached hydrogens (tertiary/aromatic N) is 1. The quantitative estimate of drug-likeness (QED) is 0.920. The smallest absolute Gasteiger partial charge is 0.307 e. The van der Waals surface area contributed by atoms with Crippen LogP contribution in [0.1, 0.15) is 30.9 Å². The lowest BCUT2D eigenvalue weighted by molar-refractivity contribution is -0.142. The van der Waals surface area contributed by atoms with E-state index >= 15 is 0 Å². The van der Waals surface area contributed by atoms with Crippen molar-refractivity contribution in [2.24, 2.45) is 11.8 Å². The highest BCUT2D eigenvalue weighted by Crippen LogP contribution is 2.44. The fourth-order valence-electron chi connectivity index (χ4n) is 3.60. The lowest BCUT2D eigenvalue weighted by atomic mass is 10.0. The third-order valence-electron chi connectivity index (χ3n) is 4.91. The number of hydrogen-bond donors (Lipinski definition) is 1. The molecule has 0 bridgehead atoms. The molecule has 3 atom stereocenters. The Labute approximate surface area is 134 Å². The number of fused-ring (bicyclic) bond motifs is 1. The van der Waals surface area contributed by atoms with Crippen molar-refractivity contribution in [3.05, 3.63) is 23.8 Å². The first-order chi connectivity index (χ1) is 11.1. The number of amides is 1. The lowest BCUT2D eigenvalue weighted by Crippen LogP contribution is -2.32. The van der Waals surface area contributed by atoms with Crippen LogP contribution in [-0.4, -0.2) is 41.6 Å². The van der Waals surface area contributed by atoms with E-state index in [2.05, 4.69) is 0 Å². The third-order valence-corrected chi connectivity index (χ3v) is 4.91. The first-order valence-corrected chi connectivity index (χ1v) is 8.08. The maximum atomic E-state index is 12.6. The van der Waals surface area contributed by atoms with Crippen LogP contribution in [-0.2, 0) is 9.59 Å². The number of aliphatic carboxylic acids is 1. The van der Waals surface area contributed by atoms with Crippen molar-refractivity contribution in [1.82, 2.24) is 4.90 Å². The first-order valence-electron chi connectivity index (χ1n) is 8.08. The van der Waals surface area contributed by atoms with Crippen molar-refractivity contribution < 1.29 is 24.2 Å². The first kappa shape index (κ1) is 14.4. The zero-order valence-electron chi connectivity index (χ0n) is 12.7. The molecular formula is C17H19NO5. The van der Waals surface area contributed by atoms with Crippen LogP contribution in [0.5, 0.6) is 11.5 Å². The van der Waals surface area contributed by atoms with Gasteiger partial charge in [-0.15, -0.1) is 0 Å². The molecule has 2 fully saturated rings. The van der Waals surface area contributed by atoms with E-state index in [1.54, 1.807) is 0 Å². The monoisotopic (exact) mass is 317 g/mol. The molecular weight excluding hydrogens is 298 g/mol. The summed E-state index contributed by atoms with van der Waals surface area (Å²) >= 11 is 0. The maximum absolute atomic E-state index is 12.6. The van der Waals surface area contributed by atoms with Gasteiger partial charge in [0, 0.05) is 6.54 Å². The number of hydrogen-bond acceptors (Lipinski definition) is 4. The summed E-state index contributed by atoms with van der Waals surface area (Å²) in [6.45, 7) is 1.78. The molecule has 0 aromatic heterocycles. The summed E-state index contributed by atoms with van der Waals surface area (Å²) in [7, 11) is 0. The number of carboxylic acid groups (broad SMARTS) is 1. The Hall–Kier alpha value is -2.24. The lowest BCUT2D eigenvalue weighted by Gasteiger charge is -2.27. The predicted octanol–water partition coefficient (Wildman–Crippen LogP) is 1.84. The van der Waals surface area contributed by atoms with Gasteiger partial charge in [-0.3, -0.25) is 9.59 Å². The van der Waals surface area contributed by atoms with Crippen molar-refractivity contribution in [1.29, 1.82) is 0 Å². The van der Waals surface area contributed by atoms with Gasteiger partial charge >= 0.3 is 5.97 Å². The highest BCUT2D eigenvalue weighted by atomic mass is 16.6. The number of ether oxygens (including phenoxy) is 2. The standard InChI is InChI=1S/C17H19NO5/c19-16(11-9-12(11)17(20)21)18-5-1-2-13(18)10-3-4-14-15(8-10)23-7-6-22-14/h3-4,8,11-13H,1-2,5-7,9H2,(H,20,21). The van der Waals surface area contributed by atoms with Gasteiger partial charge in [0.1, 0.15) is 13.2 Å². The van der Waals surface area contributed by atoms with E-state index < -0.39 is 11.9 Å². The highest BCUT2D eigenvalue weighted by Gasteiger charge is 2.51. The molecule has 6 nitrogen and oxygen atoms in total. The Morgan fingerprint density at radius 3 is 2.65 bits per heavy atom. The summed E-state index contributed by atoms with van der Waals surface area (Å²) in [5.74, 6) is -0.255. The van der Waals surface area contributed by atoms with Gasteiger partial charge in [-0.2, -0.15) is 0 Å². The molecule has 2 heterocycles. The number of carbonyl (C=O) groups is 2. The third kappa shape index (κ3) is 2.52. The van der Waals surface area contributed by atoms with E-state index in [-0.39, 0.29) is 17.9 Å². The van der Waals surface area contributed by atoms with Crippen LogP contribution in [0.4, 0.5) is 0 Å². The second kappa shape index (κ2) is 5.44. The van der Waals surface area contributed by atoms with Crippen molar-refractivity contribution in [2.75, 3.05) is 19.8 Å². The molecule has 1 saturated heterocycles. The second-order valence-corrected chi connectivity index (χ2v) is 6.38. The molecule has 1 N–H and O–H groups in total. The molecule has 4 rings (SSSR count). The average Bonchev–Trinajstić information content (AvgIpc) is 3.23. The van der Waals surface area contributed by atoms with Crippen LogP contribution in [0, 0.1) is 11.8 Å². The molecule has 1 aromatic carbocycles. The Kier molecular flexibility index (Phi) is 3.39. The molecule has 122 valence electrons. The summed E-state index contributed by atoms with van der Waals surface area (Å²) in [4.78, 5) is 25.4. The molecule has 6 heteroatoms. The Morgan fingerprint density at radius 2 is 1.91 bits per heavy atom. The fourth-order valence-corrected chi connectivity index (χ4v) is 3.60. The molecule has 1 saturated carbocycles. The Morgan fingerprint density at radius 1 is 1.13 bits per heavy atom. The summed E-state index contributed by atoms with van der Waals surface area (Å²) in [6, 6.07) is 5.83. The maximum Gasteiger partial charge on any atom is 0.307 e. The van der Waals surface area contributed by atoms with Gasteiger partial charge in [-0.25, -0.2) is 0 Å². The minimum absolute atomic E-state index is 0.00775. The molecule has 3 aliphatic rings. The van der Waals surface area contributed by atoms with Gasteiger partial charge in [0.15, 0.2) is 11.5 Å². The molecule has 1 aromatic rings. The molecule has 1 aliphatic carbocycles. The number of benzene rings is 1. The summed E-state index contributed by atoms with van der Waals surface area (Å²) in [5, 5.41) is 9.03. The van der Waals surface area contributed by atoms with E-state index in [1.807, 2.05) is 23.1 Å². The van der Waals surface area contributed by atoms with Gasteiger partial charge in [-0.1, -0.05) is 6.07 Å². The van der Waals surface area contributed by atoms with Crippen molar-refractivity contribution in [3.8, 4) is 11.5 Å². The molecule has 3 unspecified atom stereocenters. The normalized spacial score (nSPS) is 28.5. The van der Waals surface area contributed by atoms with E-state index in [1.165, 1.54) is 0 Å². The second-order valence-electron chi connectivity index (χ2n) is 6.38. The van der Waals surface area contributed by atoms with Crippen LogP contribution < -0.4 is 9.47 Å². The van der Waals surface area contributed by atoms with Gasteiger partial charge in [0.05, 0.1) is 17.9 Å². The molecule has 23 heavy (non-hydrogen) atoms. The summed E-state index contributed by atoms with van der Waals surface area (Å²) < 4.78 is 11.2. The number of likely N-dealkylation sites (tertiary alicyclic amines) is 1. The molecule has 0 spiro atoms. The van der Waals surface area contributed by atoms with Crippen molar-refractivity contribution >= 4 is 11.9 Å². The van der Waals surface area contributed by atoms with Gasteiger partial charge < -0.3 is 19.5 Å². The topological polar surface area (TPSA) is 76.1 Å². The SMILES string of the molecule is O=C(O)C1CC1C(=O)N1CCCC1c1ccc2c(c1)OCCO2. The average molecular weight is 317 g/mol. The van der Waals surface area contributed by atoms with Gasteiger partial charge in [0.2, 0.25) is 5.91 Å². The number of rotatable bonds is 3. The summed E-state index contributed by atoms with van der Waals surface area (Å²) in [5.41, 5.74) is 1.03. The minimum Gasteiger partial charge on any atom is -0.486 e. The predicted molar refractivity (Wildman–Crippen MR) is 80.4 cm³/mol. The van der Waals surface area contributed by atoms with E-state index in [0.29, 0.717) is 26.2 Å². The largest absolute Gasteiger partial charge is 0.486 e. The van der Waals surface area contributed by atoms with Crippen LogP contribution in [0.3, 0.4) is 0 Å². The van der Waals surface area contributed by atoms with Gasteiger partial charge in [0.25, 0.3) is 0 Å². The van der Waals surface area contributed by atoms with E-state index in [9.17, 15) is 9.59 Å². The van der Waals surface area contributed by atoms with Crippen LogP contribution >= 0.6 is 0 Å². The summed E-state index contributed by atoms with van der Waals surface area (Å²) in [6.07, 6.45) is 2.31. The van der Waals surface area contributed by atoms with E-state index in [0.717, 1.165) is 29.9 Å². The van der Waals surface area contributed by atoms with E-state index in [4.69, 9.17) is 14.6 Å². The Balaban J connectivity index is 1.54. The molecule has 0 radical (unpaired) electrons. The fraction of sp³-hybridized carbons (Fsp3) is 0.529. The highest BCUT2D eigenvalue weighted by molar-refractivity contribution is 5.89. The zero-order valence-corrected chi connectivity index (χ0v) is 12.7. The number of carboxylic acids is 1. The molecule has 2 aliphatic heterocycles. The van der Waals surface area contributed by atoms with Crippen molar-refractivity contribution in [3.63, 3.8) is 0 Å². The number of carbonyl (C=O) groups excluding carboxylic acids is 1. The minimum atomic E-state index is -0.863.